The summed E-state index contributed by atoms with van der Waals surface area (Å²) in [4.78, 5) is 12.8. The maximum absolute atomic E-state index is 12.8. The van der Waals surface area contributed by atoms with Crippen molar-refractivity contribution >= 4 is 5.91 Å². The summed E-state index contributed by atoms with van der Waals surface area (Å²) >= 11 is 0. The SMILES string of the molecule is CCOCC(C)C(CC)OCC(Cc1ccccc1)NC(=O)C[C@@H](C)c1ccccc1. The van der Waals surface area contributed by atoms with Crippen LogP contribution >= 0.6 is 0 Å². The number of rotatable bonds is 14. The summed E-state index contributed by atoms with van der Waals surface area (Å²) in [6, 6.07) is 20.4. The Balaban J connectivity index is 1.97. The second kappa shape index (κ2) is 14.0. The Labute approximate surface area is 188 Å². The summed E-state index contributed by atoms with van der Waals surface area (Å²) in [7, 11) is 0. The maximum Gasteiger partial charge on any atom is 0.220 e. The van der Waals surface area contributed by atoms with Crippen LogP contribution in [0.2, 0.25) is 0 Å². The van der Waals surface area contributed by atoms with Crippen LogP contribution in [-0.4, -0.2) is 37.9 Å². The molecule has 0 aromatic heterocycles. The number of carbonyl (C=O) groups is 1. The normalized spacial score (nSPS) is 15.1. The standard InChI is InChI=1S/C27H39NO3/c1-5-26(22(4)19-30-6-2)31-20-25(18-23-13-9-7-10-14-23)28-27(29)17-21(3)24-15-11-8-12-16-24/h7-16,21-22,25-26H,5-6,17-20H2,1-4H3,(H,28,29)/t21-,22?,25?,26?/m1/s1. The third-order valence-corrected chi connectivity index (χ3v) is 5.68. The Bertz CT molecular complexity index is 735. The summed E-state index contributed by atoms with van der Waals surface area (Å²) < 4.78 is 11.9. The summed E-state index contributed by atoms with van der Waals surface area (Å²) in [5.74, 6) is 0.557. The molecule has 0 aliphatic heterocycles. The second-order valence-corrected chi connectivity index (χ2v) is 8.39. The molecule has 3 unspecified atom stereocenters. The second-order valence-electron chi connectivity index (χ2n) is 8.39. The summed E-state index contributed by atoms with van der Waals surface area (Å²) in [5.41, 5.74) is 2.38. The van der Waals surface area contributed by atoms with Gasteiger partial charge in [0.2, 0.25) is 5.91 Å². The molecule has 170 valence electrons. The molecule has 0 bridgehead atoms. The van der Waals surface area contributed by atoms with E-state index in [0.717, 1.165) is 12.8 Å². The number of benzene rings is 2. The van der Waals surface area contributed by atoms with Crippen molar-refractivity contribution in [3.8, 4) is 0 Å². The van der Waals surface area contributed by atoms with E-state index in [1.54, 1.807) is 0 Å². The van der Waals surface area contributed by atoms with Crippen molar-refractivity contribution in [2.75, 3.05) is 19.8 Å². The van der Waals surface area contributed by atoms with E-state index in [2.05, 4.69) is 50.4 Å². The van der Waals surface area contributed by atoms with E-state index in [1.807, 2.05) is 43.3 Å². The molecule has 0 saturated heterocycles. The zero-order chi connectivity index (χ0) is 22.5. The Morgan fingerprint density at radius 1 is 0.935 bits per heavy atom. The van der Waals surface area contributed by atoms with Crippen LogP contribution < -0.4 is 5.32 Å². The molecule has 0 aliphatic rings. The summed E-state index contributed by atoms with van der Waals surface area (Å²) in [6.45, 7) is 10.3. The molecule has 4 atom stereocenters. The highest BCUT2D eigenvalue weighted by Gasteiger charge is 2.21. The minimum atomic E-state index is -0.0637. The number of hydrogen-bond acceptors (Lipinski definition) is 3. The van der Waals surface area contributed by atoms with Crippen LogP contribution in [0.25, 0.3) is 0 Å². The fraction of sp³-hybridized carbons (Fsp3) is 0.519. The number of ether oxygens (including phenoxy) is 2. The van der Waals surface area contributed by atoms with Crippen LogP contribution in [0.15, 0.2) is 60.7 Å². The number of hydrogen-bond donors (Lipinski definition) is 1. The van der Waals surface area contributed by atoms with Crippen LogP contribution in [0, 0.1) is 5.92 Å². The van der Waals surface area contributed by atoms with Crippen LogP contribution in [-0.2, 0) is 20.7 Å². The van der Waals surface area contributed by atoms with Crippen LogP contribution in [0.4, 0.5) is 0 Å². The number of nitrogens with one attached hydrogen (secondary N) is 1. The number of carbonyl (C=O) groups excluding carboxylic acids is 1. The van der Waals surface area contributed by atoms with Gasteiger partial charge in [-0.25, -0.2) is 0 Å². The smallest absolute Gasteiger partial charge is 0.220 e. The summed E-state index contributed by atoms with van der Waals surface area (Å²) in [5, 5.41) is 3.23. The lowest BCUT2D eigenvalue weighted by atomic mass is 9.97. The first-order valence-corrected chi connectivity index (χ1v) is 11.6. The summed E-state index contributed by atoms with van der Waals surface area (Å²) in [6.07, 6.45) is 2.26. The molecule has 0 spiro atoms. The first-order chi connectivity index (χ1) is 15.0. The molecule has 4 heteroatoms. The van der Waals surface area contributed by atoms with Crippen LogP contribution in [0.1, 0.15) is 57.6 Å². The molecule has 2 aromatic rings. The van der Waals surface area contributed by atoms with Gasteiger partial charge in [-0.2, -0.15) is 0 Å². The molecule has 0 radical (unpaired) electrons. The molecule has 1 amide bonds. The van der Waals surface area contributed by atoms with E-state index in [4.69, 9.17) is 9.47 Å². The van der Waals surface area contributed by atoms with Crippen molar-refractivity contribution in [3.63, 3.8) is 0 Å². The van der Waals surface area contributed by atoms with Crippen LogP contribution in [0.3, 0.4) is 0 Å². The van der Waals surface area contributed by atoms with Gasteiger partial charge in [-0.05, 0) is 36.8 Å². The van der Waals surface area contributed by atoms with Crippen LogP contribution in [0.5, 0.6) is 0 Å². The van der Waals surface area contributed by atoms with E-state index in [1.165, 1.54) is 11.1 Å². The molecule has 0 aliphatic carbocycles. The molecule has 0 saturated carbocycles. The van der Waals surface area contributed by atoms with Crippen molar-refractivity contribution in [1.29, 1.82) is 0 Å². The topological polar surface area (TPSA) is 47.6 Å². The van der Waals surface area contributed by atoms with Crippen molar-refractivity contribution in [3.05, 3.63) is 71.8 Å². The molecular formula is C27H39NO3. The van der Waals surface area contributed by atoms with Gasteiger partial charge in [0.15, 0.2) is 0 Å². The lowest BCUT2D eigenvalue weighted by Crippen LogP contribution is -2.42. The van der Waals surface area contributed by atoms with Gasteiger partial charge in [-0.3, -0.25) is 4.79 Å². The highest BCUT2D eigenvalue weighted by Crippen LogP contribution is 2.19. The van der Waals surface area contributed by atoms with Gasteiger partial charge in [0, 0.05) is 18.9 Å². The third kappa shape index (κ3) is 9.24. The molecule has 31 heavy (non-hydrogen) atoms. The largest absolute Gasteiger partial charge is 0.381 e. The van der Waals surface area contributed by atoms with E-state index in [0.29, 0.717) is 32.2 Å². The molecule has 2 rings (SSSR count). The first-order valence-electron chi connectivity index (χ1n) is 11.6. The van der Waals surface area contributed by atoms with Crippen molar-refractivity contribution in [2.24, 2.45) is 5.92 Å². The Morgan fingerprint density at radius 2 is 1.58 bits per heavy atom. The minimum absolute atomic E-state index is 0.0637. The predicted molar refractivity (Wildman–Crippen MR) is 127 cm³/mol. The molecular weight excluding hydrogens is 386 g/mol. The van der Waals surface area contributed by atoms with E-state index >= 15 is 0 Å². The lowest BCUT2D eigenvalue weighted by Gasteiger charge is -2.27. The minimum Gasteiger partial charge on any atom is -0.381 e. The molecule has 4 nitrogen and oxygen atoms in total. The quantitative estimate of drug-likeness (QED) is 0.442. The average Bonchev–Trinajstić information content (AvgIpc) is 2.79. The van der Waals surface area contributed by atoms with E-state index in [-0.39, 0.29) is 24.0 Å². The van der Waals surface area contributed by atoms with Crippen molar-refractivity contribution < 1.29 is 14.3 Å². The highest BCUT2D eigenvalue weighted by atomic mass is 16.5. The molecule has 0 fully saturated rings. The van der Waals surface area contributed by atoms with Crippen molar-refractivity contribution in [2.45, 2.75) is 65.0 Å². The maximum atomic E-state index is 12.8. The van der Waals surface area contributed by atoms with Gasteiger partial charge in [0.05, 0.1) is 25.4 Å². The van der Waals surface area contributed by atoms with Gasteiger partial charge >= 0.3 is 0 Å². The average molecular weight is 426 g/mol. The van der Waals surface area contributed by atoms with Gasteiger partial charge < -0.3 is 14.8 Å². The van der Waals surface area contributed by atoms with Gasteiger partial charge in [-0.1, -0.05) is 81.4 Å². The number of amides is 1. The molecule has 0 heterocycles. The zero-order valence-electron chi connectivity index (χ0n) is 19.6. The lowest BCUT2D eigenvalue weighted by molar-refractivity contribution is -0.123. The fourth-order valence-corrected chi connectivity index (χ4v) is 3.85. The first kappa shape index (κ1) is 25.1. The Hall–Kier alpha value is -2.17. The Morgan fingerprint density at radius 3 is 2.19 bits per heavy atom. The molecule has 2 aromatic carbocycles. The third-order valence-electron chi connectivity index (χ3n) is 5.68. The van der Waals surface area contributed by atoms with Gasteiger partial charge in [-0.15, -0.1) is 0 Å². The predicted octanol–water partition coefficient (Wildman–Crippen LogP) is 5.38. The zero-order valence-corrected chi connectivity index (χ0v) is 19.6. The van der Waals surface area contributed by atoms with Gasteiger partial charge in [0.25, 0.3) is 0 Å². The van der Waals surface area contributed by atoms with Gasteiger partial charge in [0.1, 0.15) is 0 Å². The van der Waals surface area contributed by atoms with E-state index < -0.39 is 0 Å². The van der Waals surface area contributed by atoms with E-state index in [9.17, 15) is 4.79 Å². The fourth-order valence-electron chi connectivity index (χ4n) is 3.85. The Kier molecular flexibility index (Phi) is 11.3. The van der Waals surface area contributed by atoms with Crippen molar-refractivity contribution in [1.82, 2.24) is 5.32 Å². The monoisotopic (exact) mass is 425 g/mol. The molecule has 1 N–H and O–H groups in total. The highest BCUT2D eigenvalue weighted by molar-refractivity contribution is 5.77.